The number of hydrogen-bond acceptors (Lipinski definition) is 8. The molecule has 0 aliphatic carbocycles. The Morgan fingerprint density at radius 1 is 1.27 bits per heavy atom. The van der Waals surface area contributed by atoms with Crippen LogP contribution in [0.4, 0.5) is 5.95 Å². The lowest BCUT2D eigenvalue weighted by atomic mass is 10.3. The fourth-order valence-corrected chi connectivity index (χ4v) is 3.88. The number of fused-ring (bicyclic) bond motifs is 1. The van der Waals surface area contributed by atoms with Crippen molar-refractivity contribution in [3.05, 3.63) is 30.6 Å². The number of nitrogens with two attached hydrogens (primary N) is 1. The first kappa shape index (κ1) is 22.5. The molecule has 0 aliphatic heterocycles. The van der Waals surface area contributed by atoms with Gasteiger partial charge in [-0.1, -0.05) is 31.2 Å². The summed E-state index contributed by atoms with van der Waals surface area (Å²) in [7, 11) is -4.19. The maximum absolute atomic E-state index is 10.9. The summed E-state index contributed by atoms with van der Waals surface area (Å²) < 4.78 is 23.4. The smallest absolute Gasteiger partial charge is 0.350 e. The lowest BCUT2D eigenvalue weighted by Crippen LogP contribution is -2.07. The first-order valence-corrected chi connectivity index (χ1v) is 12.0. The molecule has 3 aromatic rings. The number of ether oxygens (including phenoxy) is 2. The molecule has 12 heteroatoms. The molecule has 2 aromatic heterocycles. The highest BCUT2D eigenvalue weighted by molar-refractivity contribution is 7.99. The minimum absolute atomic E-state index is 0.0973. The molecule has 0 amide bonds. The predicted molar refractivity (Wildman–Crippen MR) is 114 cm³/mol. The Bertz CT molecular complexity index is 1040. The molecular formula is C18H24N5O5PS. The van der Waals surface area contributed by atoms with Gasteiger partial charge in [0.05, 0.1) is 19.5 Å². The molecule has 30 heavy (non-hydrogen) atoms. The third-order valence-electron chi connectivity index (χ3n) is 3.97. The van der Waals surface area contributed by atoms with Crippen LogP contribution in [0.5, 0.6) is 5.75 Å². The molecule has 0 saturated carbocycles. The van der Waals surface area contributed by atoms with Gasteiger partial charge in [-0.05, 0) is 24.6 Å². The molecule has 0 radical (unpaired) electrons. The zero-order valence-electron chi connectivity index (χ0n) is 16.5. The standard InChI is InChI=1S/C18H24N5O5PS/c1-2-3-8-28-13-5-4-6-14(10-13)30-17-15-16(21-18(19)22-17)23(11-20-15)7-9-27-12-29(24,25)26/h4-6,10-11H,2-3,7-9,12H2,1H3,(H2,19,21,22)(H2,24,25,26). The Balaban J connectivity index is 1.74. The number of benzene rings is 1. The van der Waals surface area contributed by atoms with Gasteiger partial charge in [-0.2, -0.15) is 4.98 Å². The van der Waals surface area contributed by atoms with E-state index < -0.39 is 13.9 Å². The van der Waals surface area contributed by atoms with Crippen LogP contribution in [0.2, 0.25) is 0 Å². The van der Waals surface area contributed by atoms with Crippen LogP contribution in [0.25, 0.3) is 11.2 Å². The van der Waals surface area contributed by atoms with Crippen molar-refractivity contribution in [2.45, 2.75) is 36.2 Å². The maximum Gasteiger partial charge on any atom is 0.350 e. The number of anilines is 1. The molecule has 0 saturated heterocycles. The highest BCUT2D eigenvalue weighted by atomic mass is 32.2. The van der Waals surface area contributed by atoms with E-state index in [1.807, 2.05) is 24.3 Å². The Kier molecular flexibility index (Phi) is 7.68. The van der Waals surface area contributed by atoms with Crippen LogP contribution in [0, 0.1) is 0 Å². The summed E-state index contributed by atoms with van der Waals surface area (Å²) in [5, 5.41) is 0.609. The Morgan fingerprint density at radius 3 is 2.87 bits per heavy atom. The molecule has 0 bridgehead atoms. The molecule has 0 fully saturated rings. The number of aromatic nitrogens is 4. The van der Waals surface area contributed by atoms with Gasteiger partial charge in [0, 0.05) is 11.4 Å². The molecule has 10 nitrogen and oxygen atoms in total. The van der Waals surface area contributed by atoms with Crippen molar-refractivity contribution in [2.24, 2.45) is 0 Å². The van der Waals surface area contributed by atoms with Gasteiger partial charge in [0.2, 0.25) is 5.95 Å². The van der Waals surface area contributed by atoms with Gasteiger partial charge >= 0.3 is 7.60 Å². The number of rotatable bonds is 11. The number of nitrogen functional groups attached to an aromatic ring is 1. The predicted octanol–water partition coefficient (Wildman–Crippen LogP) is 2.89. The van der Waals surface area contributed by atoms with Crippen molar-refractivity contribution in [3.8, 4) is 5.75 Å². The normalized spacial score (nSPS) is 11.8. The topological polar surface area (TPSA) is 146 Å². The van der Waals surface area contributed by atoms with Gasteiger partial charge in [-0.3, -0.25) is 4.57 Å². The molecule has 2 heterocycles. The van der Waals surface area contributed by atoms with E-state index in [1.165, 1.54) is 11.8 Å². The summed E-state index contributed by atoms with van der Waals surface area (Å²) in [6.45, 7) is 3.20. The van der Waals surface area contributed by atoms with E-state index in [0.29, 0.717) is 29.3 Å². The summed E-state index contributed by atoms with van der Waals surface area (Å²) in [5.74, 6) is 0.901. The van der Waals surface area contributed by atoms with Crippen molar-refractivity contribution in [1.82, 2.24) is 19.5 Å². The SMILES string of the molecule is CCCCOc1cccc(Sc2nc(N)nc3c2ncn3CCOCP(=O)(O)O)c1. The highest BCUT2D eigenvalue weighted by Gasteiger charge is 2.15. The Hall–Kier alpha value is -2.17. The lowest BCUT2D eigenvalue weighted by Gasteiger charge is -2.09. The maximum atomic E-state index is 10.9. The largest absolute Gasteiger partial charge is 0.494 e. The zero-order chi connectivity index (χ0) is 21.6. The average Bonchev–Trinajstić information content (AvgIpc) is 3.08. The second kappa shape index (κ2) is 10.2. The first-order chi connectivity index (χ1) is 14.4. The second-order valence-electron chi connectivity index (χ2n) is 6.48. The van der Waals surface area contributed by atoms with Gasteiger partial charge in [0.15, 0.2) is 5.65 Å². The fourth-order valence-electron chi connectivity index (χ4n) is 2.59. The zero-order valence-corrected chi connectivity index (χ0v) is 18.2. The van der Waals surface area contributed by atoms with Crippen molar-refractivity contribution < 1.29 is 23.8 Å². The summed E-state index contributed by atoms with van der Waals surface area (Å²) in [5.41, 5.74) is 7.01. The third kappa shape index (κ3) is 6.41. The van der Waals surface area contributed by atoms with Crippen molar-refractivity contribution in [2.75, 3.05) is 25.3 Å². The van der Waals surface area contributed by atoms with E-state index in [4.69, 9.17) is 25.0 Å². The summed E-state index contributed by atoms with van der Waals surface area (Å²) >= 11 is 1.41. The summed E-state index contributed by atoms with van der Waals surface area (Å²) in [6.07, 6.45) is 3.01. The number of nitrogens with zero attached hydrogens (tertiary/aromatic N) is 4. The lowest BCUT2D eigenvalue weighted by molar-refractivity contribution is 0.149. The fraction of sp³-hybridized carbons (Fsp3) is 0.389. The van der Waals surface area contributed by atoms with E-state index in [2.05, 4.69) is 21.9 Å². The van der Waals surface area contributed by atoms with Crippen LogP contribution in [0.1, 0.15) is 19.8 Å². The van der Waals surface area contributed by atoms with Crippen LogP contribution < -0.4 is 10.5 Å². The molecule has 0 atom stereocenters. The van der Waals surface area contributed by atoms with Crippen molar-refractivity contribution in [3.63, 3.8) is 0 Å². The van der Waals surface area contributed by atoms with E-state index in [1.54, 1.807) is 10.9 Å². The summed E-state index contributed by atoms with van der Waals surface area (Å²) in [6, 6.07) is 7.73. The minimum Gasteiger partial charge on any atom is -0.494 e. The monoisotopic (exact) mass is 453 g/mol. The van der Waals surface area contributed by atoms with Crippen LogP contribution in [0.15, 0.2) is 40.5 Å². The van der Waals surface area contributed by atoms with Gasteiger partial charge < -0.3 is 29.6 Å². The van der Waals surface area contributed by atoms with Gasteiger partial charge in [-0.15, -0.1) is 0 Å². The Labute approximate surface area is 178 Å². The number of hydrogen-bond donors (Lipinski definition) is 3. The number of unbranched alkanes of at least 4 members (excludes halogenated alkanes) is 1. The molecular weight excluding hydrogens is 429 g/mol. The van der Waals surface area contributed by atoms with E-state index in [-0.39, 0.29) is 12.6 Å². The Morgan fingerprint density at radius 2 is 2.10 bits per heavy atom. The average molecular weight is 453 g/mol. The van der Waals surface area contributed by atoms with Crippen LogP contribution in [0.3, 0.4) is 0 Å². The van der Waals surface area contributed by atoms with Gasteiger partial charge in [-0.25, -0.2) is 9.97 Å². The molecule has 0 spiro atoms. The first-order valence-electron chi connectivity index (χ1n) is 9.37. The highest BCUT2D eigenvalue weighted by Crippen LogP contribution is 2.34. The van der Waals surface area contributed by atoms with Crippen LogP contribution >= 0.6 is 19.4 Å². The molecule has 162 valence electrons. The summed E-state index contributed by atoms with van der Waals surface area (Å²) in [4.78, 5) is 31.6. The van der Waals surface area contributed by atoms with E-state index >= 15 is 0 Å². The molecule has 0 unspecified atom stereocenters. The van der Waals surface area contributed by atoms with Crippen molar-refractivity contribution in [1.29, 1.82) is 0 Å². The number of imidazole rings is 1. The van der Waals surface area contributed by atoms with E-state index in [9.17, 15) is 4.57 Å². The van der Waals surface area contributed by atoms with E-state index in [0.717, 1.165) is 23.5 Å². The van der Waals surface area contributed by atoms with Gasteiger partial charge in [0.25, 0.3) is 0 Å². The second-order valence-corrected chi connectivity index (χ2v) is 9.13. The van der Waals surface area contributed by atoms with Crippen LogP contribution in [-0.4, -0.2) is 48.9 Å². The van der Waals surface area contributed by atoms with Crippen molar-refractivity contribution >= 4 is 36.5 Å². The minimum atomic E-state index is -4.19. The molecule has 4 N–H and O–H groups in total. The van der Waals surface area contributed by atoms with Gasteiger partial charge in [0.1, 0.15) is 22.6 Å². The van der Waals surface area contributed by atoms with Crippen LogP contribution in [-0.2, 0) is 15.8 Å². The molecule has 3 rings (SSSR count). The molecule has 0 aliphatic rings. The quantitative estimate of drug-likeness (QED) is 0.225. The third-order valence-corrected chi connectivity index (χ3v) is 5.46. The molecule has 1 aromatic carbocycles.